The molecule has 2 aromatic carbocycles. The number of aromatic nitrogens is 1. The first-order chi connectivity index (χ1) is 15.9. The third-order valence-electron chi connectivity index (χ3n) is 7.39. The van der Waals surface area contributed by atoms with Gasteiger partial charge in [-0.25, -0.2) is 4.79 Å². The standard InChI is InChI=1S/C29H39N3O/c1-19(2)22-14-10-15-23(20(3)4)28(22)31-29(33)30-17-25(21-11-6-7-12-21)26-18-32(5)27-16-9-8-13-24(26)27/h8-10,13-16,18-21,25H,6-7,11-12,17H2,1-5H3,(H2,30,31,33). The minimum Gasteiger partial charge on any atom is -0.350 e. The summed E-state index contributed by atoms with van der Waals surface area (Å²) in [7, 11) is 2.12. The summed E-state index contributed by atoms with van der Waals surface area (Å²) in [6.45, 7) is 9.38. The van der Waals surface area contributed by atoms with Crippen molar-refractivity contribution in [2.45, 2.75) is 71.1 Å². The lowest BCUT2D eigenvalue weighted by atomic mass is 9.84. The minimum absolute atomic E-state index is 0.103. The lowest BCUT2D eigenvalue weighted by molar-refractivity contribution is 0.250. The molecule has 1 heterocycles. The van der Waals surface area contributed by atoms with Crippen LogP contribution in [0.3, 0.4) is 0 Å². The second-order valence-electron chi connectivity index (χ2n) is 10.3. The maximum atomic E-state index is 13.2. The lowest BCUT2D eigenvalue weighted by Gasteiger charge is -2.25. The highest BCUT2D eigenvalue weighted by atomic mass is 16.2. The van der Waals surface area contributed by atoms with Gasteiger partial charge in [-0.05, 0) is 53.4 Å². The summed E-state index contributed by atoms with van der Waals surface area (Å²) < 4.78 is 2.22. The third-order valence-corrected chi connectivity index (χ3v) is 7.39. The second kappa shape index (κ2) is 10.0. The van der Waals surface area contributed by atoms with Crippen LogP contribution in [-0.2, 0) is 7.05 Å². The number of urea groups is 1. The number of benzene rings is 2. The van der Waals surface area contributed by atoms with Crippen LogP contribution in [0.1, 0.15) is 87.8 Å². The average Bonchev–Trinajstić information content (AvgIpc) is 3.43. The van der Waals surface area contributed by atoms with Crippen molar-refractivity contribution in [1.29, 1.82) is 0 Å². The summed E-state index contributed by atoms with van der Waals surface area (Å²) in [5, 5.41) is 7.79. The largest absolute Gasteiger partial charge is 0.350 e. The van der Waals surface area contributed by atoms with Crippen molar-refractivity contribution in [2.75, 3.05) is 11.9 Å². The highest BCUT2D eigenvalue weighted by Crippen LogP contribution is 2.40. The Morgan fingerprint density at radius 1 is 0.939 bits per heavy atom. The van der Waals surface area contributed by atoms with Gasteiger partial charge in [0.2, 0.25) is 0 Å². The van der Waals surface area contributed by atoms with Gasteiger partial charge in [-0.2, -0.15) is 0 Å². The Hall–Kier alpha value is -2.75. The first-order valence-electron chi connectivity index (χ1n) is 12.6. The van der Waals surface area contributed by atoms with Gasteiger partial charge in [0.05, 0.1) is 0 Å². The van der Waals surface area contributed by atoms with Gasteiger partial charge in [0.1, 0.15) is 0 Å². The van der Waals surface area contributed by atoms with E-state index in [0.717, 1.165) is 5.69 Å². The van der Waals surface area contributed by atoms with Crippen molar-refractivity contribution in [3.05, 3.63) is 65.4 Å². The van der Waals surface area contributed by atoms with E-state index in [1.807, 2.05) is 0 Å². The molecule has 2 N–H and O–H groups in total. The summed E-state index contributed by atoms with van der Waals surface area (Å²) in [5.41, 5.74) is 5.98. The van der Waals surface area contributed by atoms with E-state index in [1.165, 1.54) is 53.3 Å². The Kier molecular flexibility index (Phi) is 7.11. The fraction of sp³-hybridized carbons (Fsp3) is 0.483. The number of para-hydroxylation sites is 2. The van der Waals surface area contributed by atoms with Gasteiger partial charge in [0, 0.05) is 42.3 Å². The molecular weight excluding hydrogens is 406 g/mol. The first-order valence-corrected chi connectivity index (χ1v) is 12.6. The summed E-state index contributed by atoms with van der Waals surface area (Å²) in [4.78, 5) is 13.2. The molecule has 4 rings (SSSR count). The van der Waals surface area contributed by atoms with E-state index in [-0.39, 0.29) is 6.03 Å². The second-order valence-corrected chi connectivity index (χ2v) is 10.3. The van der Waals surface area contributed by atoms with Crippen molar-refractivity contribution < 1.29 is 4.79 Å². The number of hydrogen-bond donors (Lipinski definition) is 2. The van der Waals surface area contributed by atoms with Crippen LogP contribution < -0.4 is 10.6 Å². The molecule has 1 aliphatic rings. The molecule has 176 valence electrons. The van der Waals surface area contributed by atoms with E-state index >= 15 is 0 Å². The van der Waals surface area contributed by atoms with Crippen molar-refractivity contribution in [1.82, 2.24) is 9.88 Å². The molecule has 4 nitrogen and oxygen atoms in total. The van der Waals surface area contributed by atoms with Crippen LogP contribution in [0.15, 0.2) is 48.7 Å². The maximum absolute atomic E-state index is 13.2. The molecule has 1 aromatic heterocycles. The molecule has 0 spiro atoms. The van der Waals surface area contributed by atoms with Crippen LogP contribution in [-0.4, -0.2) is 17.1 Å². The molecule has 2 amide bonds. The van der Waals surface area contributed by atoms with Gasteiger partial charge >= 0.3 is 6.03 Å². The van der Waals surface area contributed by atoms with Crippen LogP contribution >= 0.6 is 0 Å². The number of hydrogen-bond acceptors (Lipinski definition) is 1. The number of nitrogens with one attached hydrogen (secondary N) is 2. The van der Waals surface area contributed by atoms with Crippen molar-refractivity contribution >= 4 is 22.6 Å². The molecule has 0 bridgehead atoms. The van der Waals surface area contributed by atoms with E-state index < -0.39 is 0 Å². The number of carbonyl (C=O) groups excluding carboxylic acids is 1. The van der Waals surface area contributed by atoms with Crippen molar-refractivity contribution in [2.24, 2.45) is 13.0 Å². The highest BCUT2D eigenvalue weighted by Gasteiger charge is 2.29. The molecule has 4 heteroatoms. The first kappa shape index (κ1) is 23.4. The summed E-state index contributed by atoms with van der Waals surface area (Å²) >= 11 is 0. The Bertz CT molecular complexity index is 1080. The predicted molar refractivity (Wildman–Crippen MR) is 139 cm³/mol. The number of anilines is 1. The highest BCUT2D eigenvalue weighted by molar-refractivity contribution is 5.91. The molecule has 1 atom stereocenters. The number of fused-ring (bicyclic) bond motifs is 1. The fourth-order valence-electron chi connectivity index (χ4n) is 5.61. The van der Waals surface area contributed by atoms with Gasteiger partial charge in [0.25, 0.3) is 0 Å². The van der Waals surface area contributed by atoms with E-state index in [9.17, 15) is 4.79 Å². The molecule has 3 aromatic rings. The summed E-state index contributed by atoms with van der Waals surface area (Å²) in [5.74, 6) is 1.64. The lowest BCUT2D eigenvalue weighted by Crippen LogP contribution is -2.34. The Morgan fingerprint density at radius 3 is 2.21 bits per heavy atom. The minimum atomic E-state index is -0.103. The van der Waals surface area contributed by atoms with Gasteiger partial charge in [0.15, 0.2) is 0 Å². The van der Waals surface area contributed by atoms with Crippen LogP contribution in [0.2, 0.25) is 0 Å². The molecule has 1 aliphatic carbocycles. The molecule has 1 saturated carbocycles. The summed E-state index contributed by atoms with van der Waals surface area (Å²) in [6, 6.07) is 14.9. The molecule has 0 radical (unpaired) electrons. The Balaban J connectivity index is 1.57. The zero-order valence-corrected chi connectivity index (χ0v) is 20.8. The number of aryl methyl sites for hydroxylation is 1. The zero-order chi connectivity index (χ0) is 23.5. The van der Waals surface area contributed by atoms with Gasteiger partial charge < -0.3 is 15.2 Å². The van der Waals surface area contributed by atoms with Crippen LogP contribution in [0.5, 0.6) is 0 Å². The van der Waals surface area contributed by atoms with Crippen LogP contribution in [0, 0.1) is 5.92 Å². The average molecular weight is 446 g/mol. The number of rotatable bonds is 7. The smallest absolute Gasteiger partial charge is 0.319 e. The number of carbonyl (C=O) groups is 1. The Labute approximate surface area is 198 Å². The molecule has 0 saturated heterocycles. The van der Waals surface area contributed by atoms with Gasteiger partial charge in [-0.15, -0.1) is 0 Å². The topological polar surface area (TPSA) is 46.1 Å². The Morgan fingerprint density at radius 2 is 1.58 bits per heavy atom. The van der Waals surface area contributed by atoms with Crippen molar-refractivity contribution in [3.8, 4) is 0 Å². The molecule has 1 fully saturated rings. The van der Waals surface area contributed by atoms with Gasteiger partial charge in [-0.3, -0.25) is 0 Å². The quantitative estimate of drug-likeness (QED) is 0.388. The van der Waals surface area contributed by atoms with Crippen LogP contribution in [0.4, 0.5) is 10.5 Å². The van der Waals surface area contributed by atoms with E-state index in [1.54, 1.807) is 0 Å². The van der Waals surface area contributed by atoms with E-state index in [4.69, 9.17) is 0 Å². The number of nitrogens with zero attached hydrogens (tertiary/aromatic N) is 1. The summed E-state index contributed by atoms with van der Waals surface area (Å²) in [6.07, 6.45) is 7.34. The normalized spacial score (nSPS) is 15.5. The maximum Gasteiger partial charge on any atom is 0.319 e. The van der Waals surface area contributed by atoms with Gasteiger partial charge in [-0.1, -0.05) is 76.9 Å². The third kappa shape index (κ3) is 4.95. The monoisotopic (exact) mass is 445 g/mol. The predicted octanol–water partition coefficient (Wildman–Crippen LogP) is 7.52. The van der Waals surface area contributed by atoms with E-state index in [2.05, 4.69) is 98.6 Å². The fourth-order valence-corrected chi connectivity index (χ4v) is 5.61. The molecule has 33 heavy (non-hydrogen) atoms. The number of amides is 2. The molecule has 0 aliphatic heterocycles. The SMILES string of the molecule is CC(C)c1cccc(C(C)C)c1NC(=O)NCC(c1cn(C)c2ccccc12)C1CCCC1. The van der Waals surface area contributed by atoms with Crippen molar-refractivity contribution in [3.63, 3.8) is 0 Å². The van der Waals surface area contributed by atoms with E-state index in [0.29, 0.717) is 30.2 Å². The molecule has 1 unspecified atom stereocenters. The molecular formula is C29H39N3O. The zero-order valence-electron chi connectivity index (χ0n) is 20.8. The van der Waals surface area contributed by atoms with Crippen LogP contribution in [0.25, 0.3) is 10.9 Å².